The lowest BCUT2D eigenvalue weighted by Gasteiger charge is -2.05. The number of hydrogen-bond acceptors (Lipinski definition) is 4. The summed E-state index contributed by atoms with van der Waals surface area (Å²) in [5.41, 5.74) is 3.28. The van der Waals surface area contributed by atoms with Gasteiger partial charge in [-0.25, -0.2) is 4.98 Å². The normalized spacial score (nSPS) is 11.6. The molecular formula is C14H17N3OS. The van der Waals surface area contributed by atoms with Crippen molar-refractivity contribution in [2.75, 3.05) is 7.05 Å². The highest BCUT2D eigenvalue weighted by molar-refractivity contribution is 7.09. The van der Waals surface area contributed by atoms with E-state index in [4.69, 9.17) is 5.21 Å². The first-order valence-electron chi connectivity index (χ1n) is 6.13. The number of nitrogens with one attached hydrogen (secondary N) is 1. The number of amidine groups is 1. The number of hydrogen-bond donors (Lipinski definition) is 2. The Balaban J connectivity index is 1.99. The number of benzene rings is 1. The van der Waals surface area contributed by atoms with Gasteiger partial charge in [-0.1, -0.05) is 29.4 Å². The van der Waals surface area contributed by atoms with Crippen molar-refractivity contribution in [1.82, 2.24) is 10.3 Å². The highest BCUT2D eigenvalue weighted by Gasteiger charge is 2.03. The quantitative estimate of drug-likeness (QED) is 0.390. The predicted octanol–water partition coefficient (Wildman–Crippen LogP) is 2.59. The standard InChI is InChI=1S/C14H17N3OS/c1-10-16-13(9-19-10)8-5-11-3-6-12(7-4-11)14(15-2)17-18/h3-4,6-7,9,18H,5,8H2,1-2H3,(H,15,17). The second-order valence-corrected chi connectivity index (χ2v) is 5.32. The van der Waals surface area contributed by atoms with E-state index < -0.39 is 0 Å². The Hall–Kier alpha value is -1.88. The van der Waals surface area contributed by atoms with E-state index in [1.165, 1.54) is 5.56 Å². The van der Waals surface area contributed by atoms with Crippen molar-refractivity contribution in [3.63, 3.8) is 0 Å². The van der Waals surface area contributed by atoms with Crippen LogP contribution in [0.2, 0.25) is 0 Å². The van der Waals surface area contributed by atoms with Crippen LogP contribution in [0.25, 0.3) is 0 Å². The van der Waals surface area contributed by atoms with Crippen molar-refractivity contribution in [3.05, 3.63) is 51.5 Å². The van der Waals surface area contributed by atoms with Crippen LogP contribution in [-0.2, 0) is 12.8 Å². The minimum absolute atomic E-state index is 0.474. The van der Waals surface area contributed by atoms with Gasteiger partial charge in [-0.15, -0.1) is 11.3 Å². The van der Waals surface area contributed by atoms with Crippen LogP contribution in [0.3, 0.4) is 0 Å². The first-order valence-corrected chi connectivity index (χ1v) is 7.01. The molecular weight excluding hydrogens is 258 g/mol. The van der Waals surface area contributed by atoms with E-state index >= 15 is 0 Å². The molecule has 100 valence electrons. The van der Waals surface area contributed by atoms with Crippen LogP contribution in [0.4, 0.5) is 0 Å². The Morgan fingerprint density at radius 1 is 1.32 bits per heavy atom. The monoisotopic (exact) mass is 275 g/mol. The van der Waals surface area contributed by atoms with E-state index in [0.717, 1.165) is 29.1 Å². The van der Waals surface area contributed by atoms with Crippen molar-refractivity contribution >= 4 is 17.2 Å². The maximum Gasteiger partial charge on any atom is 0.172 e. The van der Waals surface area contributed by atoms with E-state index in [0.29, 0.717) is 5.84 Å². The average molecular weight is 275 g/mol. The van der Waals surface area contributed by atoms with Gasteiger partial charge < -0.3 is 10.5 Å². The van der Waals surface area contributed by atoms with Gasteiger partial charge in [-0.3, -0.25) is 0 Å². The smallest absolute Gasteiger partial charge is 0.172 e. The van der Waals surface area contributed by atoms with E-state index in [1.54, 1.807) is 18.4 Å². The van der Waals surface area contributed by atoms with Crippen molar-refractivity contribution in [1.29, 1.82) is 0 Å². The molecule has 0 amide bonds. The van der Waals surface area contributed by atoms with Gasteiger partial charge in [0.25, 0.3) is 0 Å². The molecule has 0 unspecified atom stereocenters. The zero-order chi connectivity index (χ0) is 13.7. The number of nitrogens with zero attached hydrogens (tertiary/aromatic N) is 2. The van der Waals surface area contributed by atoms with Crippen LogP contribution in [0.5, 0.6) is 0 Å². The lowest BCUT2D eigenvalue weighted by molar-refractivity contribution is 0.317. The molecule has 0 aliphatic carbocycles. The molecule has 0 saturated heterocycles. The first kappa shape index (κ1) is 13.5. The van der Waals surface area contributed by atoms with Crippen LogP contribution in [0, 0.1) is 6.92 Å². The van der Waals surface area contributed by atoms with Gasteiger partial charge in [0.1, 0.15) is 0 Å². The molecule has 0 bridgehead atoms. The first-order chi connectivity index (χ1) is 9.22. The van der Waals surface area contributed by atoms with E-state index in [9.17, 15) is 0 Å². The minimum atomic E-state index is 0.474. The summed E-state index contributed by atoms with van der Waals surface area (Å²) in [4.78, 5) is 4.45. The molecule has 5 heteroatoms. The van der Waals surface area contributed by atoms with E-state index in [1.807, 2.05) is 19.1 Å². The topological polar surface area (TPSA) is 57.5 Å². The molecule has 2 aromatic rings. The van der Waals surface area contributed by atoms with Gasteiger partial charge >= 0.3 is 0 Å². The molecule has 0 saturated carbocycles. The minimum Gasteiger partial charge on any atom is -0.409 e. The molecule has 0 aliphatic rings. The summed E-state index contributed by atoms with van der Waals surface area (Å²) in [6, 6.07) is 8.01. The lowest BCUT2D eigenvalue weighted by Crippen LogP contribution is -2.19. The highest BCUT2D eigenvalue weighted by atomic mass is 32.1. The molecule has 2 rings (SSSR count). The molecule has 4 nitrogen and oxygen atoms in total. The third-order valence-corrected chi connectivity index (χ3v) is 3.72. The van der Waals surface area contributed by atoms with Crippen molar-refractivity contribution in [2.24, 2.45) is 5.16 Å². The fourth-order valence-corrected chi connectivity index (χ4v) is 2.52. The molecule has 1 heterocycles. The second kappa shape index (κ2) is 6.33. The fourth-order valence-electron chi connectivity index (χ4n) is 1.88. The summed E-state index contributed by atoms with van der Waals surface area (Å²) in [6.45, 7) is 2.02. The Bertz CT molecular complexity index is 560. The number of aryl methyl sites for hydroxylation is 3. The van der Waals surface area contributed by atoms with Gasteiger partial charge in [-0.2, -0.15) is 0 Å². The van der Waals surface area contributed by atoms with Crippen LogP contribution in [-0.4, -0.2) is 23.1 Å². The molecule has 0 fully saturated rings. The summed E-state index contributed by atoms with van der Waals surface area (Å²) < 4.78 is 0. The van der Waals surface area contributed by atoms with Crippen LogP contribution in [0.15, 0.2) is 34.8 Å². The molecule has 1 aromatic carbocycles. The molecule has 19 heavy (non-hydrogen) atoms. The van der Waals surface area contributed by atoms with Gasteiger partial charge in [-0.05, 0) is 25.3 Å². The number of aromatic nitrogens is 1. The number of oxime groups is 1. The highest BCUT2D eigenvalue weighted by Crippen LogP contribution is 2.12. The predicted molar refractivity (Wildman–Crippen MR) is 78.1 cm³/mol. The van der Waals surface area contributed by atoms with E-state index in [-0.39, 0.29) is 0 Å². The van der Waals surface area contributed by atoms with Gasteiger partial charge in [0.05, 0.1) is 10.7 Å². The molecule has 0 spiro atoms. The largest absolute Gasteiger partial charge is 0.409 e. The van der Waals surface area contributed by atoms with Gasteiger partial charge in [0.2, 0.25) is 0 Å². The van der Waals surface area contributed by atoms with Crippen LogP contribution >= 0.6 is 11.3 Å². The Kier molecular flexibility index (Phi) is 4.52. The zero-order valence-electron chi connectivity index (χ0n) is 11.1. The van der Waals surface area contributed by atoms with Gasteiger partial charge in [0.15, 0.2) is 5.84 Å². The average Bonchev–Trinajstić information content (AvgIpc) is 2.85. The Morgan fingerprint density at radius 2 is 2.05 bits per heavy atom. The summed E-state index contributed by atoms with van der Waals surface area (Å²) in [5, 5.41) is 18.1. The summed E-state index contributed by atoms with van der Waals surface area (Å²) in [7, 11) is 1.73. The molecule has 0 radical (unpaired) electrons. The fraction of sp³-hybridized carbons (Fsp3) is 0.286. The molecule has 0 aliphatic heterocycles. The Morgan fingerprint density at radius 3 is 2.58 bits per heavy atom. The molecule has 1 aromatic heterocycles. The van der Waals surface area contributed by atoms with E-state index in [2.05, 4.69) is 33.0 Å². The number of thiazole rings is 1. The SMILES string of the molecule is CN/C(=N\O)c1ccc(CCc2csc(C)n2)cc1. The molecule has 2 N–H and O–H groups in total. The third-order valence-electron chi connectivity index (χ3n) is 2.90. The van der Waals surface area contributed by atoms with Gasteiger partial charge in [0, 0.05) is 18.0 Å². The van der Waals surface area contributed by atoms with Crippen molar-refractivity contribution < 1.29 is 5.21 Å². The van der Waals surface area contributed by atoms with Crippen LogP contribution < -0.4 is 5.32 Å². The van der Waals surface area contributed by atoms with Crippen LogP contribution in [0.1, 0.15) is 21.8 Å². The van der Waals surface area contributed by atoms with Crippen molar-refractivity contribution in [2.45, 2.75) is 19.8 Å². The second-order valence-electron chi connectivity index (χ2n) is 4.25. The molecule has 0 atom stereocenters. The van der Waals surface area contributed by atoms with Crippen molar-refractivity contribution in [3.8, 4) is 0 Å². The number of rotatable bonds is 4. The summed E-state index contributed by atoms with van der Waals surface area (Å²) in [6.07, 6.45) is 1.92. The lowest BCUT2D eigenvalue weighted by atomic mass is 10.1. The maximum atomic E-state index is 8.82. The summed E-state index contributed by atoms with van der Waals surface area (Å²) in [5.74, 6) is 0.474. The zero-order valence-corrected chi connectivity index (χ0v) is 11.9. The summed E-state index contributed by atoms with van der Waals surface area (Å²) >= 11 is 1.69. The maximum absolute atomic E-state index is 8.82. The Labute approximate surface area is 116 Å². The third kappa shape index (κ3) is 3.54.